The Morgan fingerprint density at radius 1 is 0.324 bits per heavy atom. The Bertz CT molecular complexity index is 1980. The van der Waals surface area contributed by atoms with Gasteiger partial charge in [0.2, 0.25) is 0 Å². The van der Waals surface area contributed by atoms with Crippen LogP contribution in [0.15, 0.2) is 85.2 Å². The molecule has 6 nitrogen and oxygen atoms in total. The van der Waals surface area contributed by atoms with Gasteiger partial charge in [0.25, 0.3) is 0 Å². The zero-order valence-electron chi connectivity index (χ0n) is 17.8. The highest BCUT2D eigenvalue weighted by Gasteiger charge is 2.10. The Morgan fingerprint density at radius 3 is 1.21 bits per heavy atom. The molecule has 0 saturated carbocycles. The van der Waals surface area contributed by atoms with Crippen molar-refractivity contribution >= 4 is 76.7 Å². The Morgan fingerprint density at radius 2 is 0.706 bits per heavy atom. The summed E-state index contributed by atoms with van der Waals surface area (Å²) in [5.41, 5.74) is 8.19. The number of rotatable bonds is 0. The largest absolute Gasteiger partial charge is 0.255 e. The van der Waals surface area contributed by atoms with Crippen molar-refractivity contribution in [2.45, 2.75) is 0 Å². The van der Waals surface area contributed by atoms with E-state index in [4.69, 9.17) is 19.9 Å². The topological polar surface area (TPSA) is 77.3 Å². The first-order valence-corrected chi connectivity index (χ1v) is 11.0. The number of hydrogen-bond donors (Lipinski definition) is 0. The summed E-state index contributed by atoms with van der Waals surface area (Å²) in [6, 6.07) is 24.3. The Balaban J connectivity index is 1.75. The van der Waals surface area contributed by atoms with E-state index in [2.05, 4.69) is 34.2 Å². The number of aromatic nitrogens is 6. The molecule has 8 aromatic rings. The fourth-order valence-electron chi connectivity index (χ4n) is 4.82. The highest BCUT2D eigenvalue weighted by Crippen LogP contribution is 2.29. The zero-order chi connectivity index (χ0) is 22.2. The fourth-order valence-corrected chi connectivity index (χ4v) is 4.82. The van der Waals surface area contributed by atoms with Crippen LogP contribution in [0.4, 0.5) is 0 Å². The van der Waals surface area contributed by atoms with Crippen LogP contribution in [0.3, 0.4) is 0 Å². The van der Waals surface area contributed by atoms with E-state index < -0.39 is 0 Å². The Hall–Kier alpha value is -4.84. The number of benzene rings is 1. The van der Waals surface area contributed by atoms with Crippen molar-refractivity contribution in [3.05, 3.63) is 85.2 Å². The first-order chi connectivity index (χ1) is 16.8. The van der Waals surface area contributed by atoms with Crippen LogP contribution in [0, 0.1) is 0 Å². The summed E-state index contributed by atoms with van der Waals surface area (Å²) in [6.45, 7) is 0. The van der Waals surface area contributed by atoms with Gasteiger partial charge >= 0.3 is 0 Å². The molecule has 0 aliphatic carbocycles. The van der Waals surface area contributed by atoms with Crippen molar-refractivity contribution in [3.63, 3.8) is 0 Å². The van der Waals surface area contributed by atoms with Crippen molar-refractivity contribution in [1.82, 2.24) is 29.9 Å². The minimum atomic E-state index is 0.778. The van der Waals surface area contributed by atoms with E-state index in [0.717, 1.165) is 76.7 Å². The Kier molecular flexibility index (Phi) is 3.31. The third kappa shape index (κ3) is 2.39. The zero-order valence-corrected chi connectivity index (χ0v) is 17.8. The number of hydrogen-bond acceptors (Lipinski definition) is 6. The lowest BCUT2D eigenvalue weighted by Gasteiger charge is -2.07. The highest BCUT2D eigenvalue weighted by molar-refractivity contribution is 6.10. The summed E-state index contributed by atoms with van der Waals surface area (Å²) in [4.78, 5) is 29.3. The quantitative estimate of drug-likeness (QED) is 0.267. The van der Waals surface area contributed by atoms with Crippen molar-refractivity contribution in [1.29, 1.82) is 0 Å². The summed E-state index contributed by atoms with van der Waals surface area (Å²) in [7, 11) is 0. The third-order valence-corrected chi connectivity index (χ3v) is 6.50. The van der Waals surface area contributed by atoms with Gasteiger partial charge in [-0.25, -0.2) is 19.9 Å². The standard InChI is InChI=1S/C28H14N6/c1-2-16-4-6-20-18-12-14-30-24-10-8-22(34-28(18)24)21-7-9-23-27(33-21)17(11-13-29-23)19-5-3-15(1)25(31-19)26(16)32-20/h1-14H. The molecule has 6 heteroatoms. The average Bonchev–Trinajstić information content (AvgIpc) is 2.90. The molecule has 7 aromatic heterocycles. The van der Waals surface area contributed by atoms with Crippen LogP contribution in [0.2, 0.25) is 0 Å². The maximum Gasteiger partial charge on any atom is 0.0988 e. The van der Waals surface area contributed by atoms with E-state index in [0.29, 0.717) is 0 Å². The van der Waals surface area contributed by atoms with Gasteiger partial charge in [0, 0.05) is 33.9 Å². The van der Waals surface area contributed by atoms with Gasteiger partial charge in [-0.2, -0.15) is 0 Å². The summed E-state index contributed by atoms with van der Waals surface area (Å²) in [5, 5.41) is 3.95. The normalized spacial score (nSPS) is 12.1. The van der Waals surface area contributed by atoms with E-state index in [1.165, 1.54) is 0 Å². The second-order valence-corrected chi connectivity index (χ2v) is 8.45. The first kappa shape index (κ1) is 17.7. The molecule has 0 saturated heterocycles. The van der Waals surface area contributed by atoms with Crippen molar-refractivity contribution < 1.29 is 0 Å². The molecule has 0 amide bonds. The van der Waals surface area contributed by atoms with Crippen LogP contribution in [0.1, 0.15) is 0 Å². The molecule has 156 valence electrons. The molecule has 1 aromatic carbocycles. The Labute approximate surface area is 192 Å². The second-order valence-electron chi connectivity index (χ2n) is 8.45. The van der Waals surface area contributed by atoms with Gasteiger partial charge in [0.1, 0.15) is 0 Å². The fraction of sp³-hybridized carbons (Fsp3) is 0. The maximum atomic E-state index is 5.09. The van der Waals surface area contributed by atoms with E-state index in [1.807, 2.05) is 48.5 Å². The molecule has 8 rings (SSSR count). The first-order valence-electron chi connectivity index (χ1n) is 11.0. The smallest absolute Gasteiger partial charge is 0.0988 e. The van der Waals surface area contributed by atoms with Gasteiger partial charge in [0.05, 0.1) is 55.2 Å². The van der Waals surface area contributed by atoms with Crippen LogP contribution >= 0.6 is 0 Å². The van der Waals surface area contributed by atoms with Crippen molar-refractivity contribution in [2.24, 2.45) is 0 Å². The third-order valence-electron chi connectivity index (χ3n) is 6.50. The molecule has 7 heterocycles. The predicted octanol–water partition coefficient (Wildman–Crippen LogP) is 6.13. The highest BCUT2D eigenvalue weighted by atomic mass is 14.8. The lowest BCUT2D eigenvalue weighted by Crippen LogP contribution is -1.91. The van der Waals surface area contributed by atoms with Gasteiger partial charge in [0.15, 0.2) is 0 Å². The molecular formula is C28H14N6. The number of pyridine rings is 6. The van der Waals surface area contributed by atoms with Crippen LogP contribution in [0.25, 0.3) is 76.7 Å². The van der Waals surface area contributed by atoms with Crippen LogP contribution in [0.5, 0.6) is 0 Å². The van der Waals surface area contributed by atoms with E-state index in [-0.39, 0.29) is 0 Å². The number of nitrogens with zero attached hydrogens (tertiary/aromatic N) is 6. The molecule has 0 radical (unpaired) electrons. The number of fused-ring (bicyclic) bond motifs is 7. The van der Waals surface area contributed by atoms with Gasteiger partial charge in [-0.05, 0) is 48.5 Å². The minimum absolute atomic E-state index is 0.778. The van der Waals surface area contributed by atoms with Gasteiger partial charge in [-0.3, -0.25) is 9.97 Å². The molecular weight excluding hydrogens is 420 g/mol. The van der Waals surface area contributed by atoms with Crippen LogP contribution < -0.4 is 0 Å². The van der Waals surface area contributed by atoms with E-state index in [1.54, 1.807) is 12.4 Å². The molecule has 0 fully saturated rings. The molecule has 0 aliphatic heterocycles. The summed E-state index contributed by atoms with van der Waals surface area (Å²) < 4.78 is 0. The SMILES string of the molecule is c1cc2c3ccc4ccc5ccc(nc5c4n3)c3ccnc4ccc(nc43)c3ccc(n1)c2n3. The molecule has 0 spiro atoms. The molecule has 0 aliphatic rings. The van der Waals surface area contributed by atoms with Crippen molar-refractivity contribution in [2.75, 3.05) is 0 Å². The monoisotopic (exact) mass is 434 g/mol. The predicted molar refractivity (Wildman–Crippen MR) is 136 cm³/mol. The van der Waals surface area contributed by atoms with Gasteiger partial charge in [-0.15, -0.1) is 0 Å². The van der Waals surface area contributed by atoms with Gasteiger partial charge < -0.3 is 0 Å². The second kappa shape index (κ2) is 6.36. The average molecular weight is 434 g/mol. The van der Waals surface area contributed by atoms with Crippen LogP contribution in [-0.2, 0) is 0 Å². The molecule has 0 unspecified atom stereocenters. The summed E-state index contributed by atoms with van der Waals surface area (Å²) in [6.07, 6.45) is 3.61. The molecule has 0 N–H and O–H groups in total. The lowest BCUT2D eigenvalue weighted by atomic mass is 10.1. The maximum absolute atomic E-state index is 5.09. The summed E-state index contributed by atoms with van der Waals surface area (Å²) in [5.74, 6) is 0. The van der Waals surface area contributed by atoms with E-state index >= 15 is 0 Å². The lowest BCUT2D eigenvalue weighted by molar-refractivity contribution is 1.36. The van der Waals surface area contributed by atoms with Crippen molar-refractivity contribution in [3.8, 4) is 0 Å². The molecule has 8 bridgehead atoms. The van der Waals surface area contributed by atoms with Gasteiger partial charge in [-0.1, -0.05) is 24.3 Å². The minimum Gasteiger partial charge on any atom is -0.255 e. The summed E-state index contributed by atoms with van der Waals surface area (Å²) >= 11 is 0. The molecule has 34 heavy (non-hydrogen) atoms. The molecule has 0 atom stereocenters. The van der Waals surface area contributed by atoms with Crippen LogP contribution in [-0.4, -0.2) is 29.9 Å². The van der Waals surface area contributed by atoms with E-state index in [9.17, 15) is 0 Å².